The van der Waals surface area contributed by atoms with E-state index in [0.29, 0.717) is 12.2 Å². The van der Waals surface area contributed by atoms with Gasteiger partial charge in [0.15, 0.2) is 11.5 Å². The van der Waals surface area contributed by atoms with Crippen LogP contribution in [-0.2, 0) is 6.54 Å². The van der Waals surface area contributed by atoms with Crippen LogP contribution in [0.5, 0.6) is 11.5 Å². The van der Waals surface area contributed by atoms with E-state index in [2.05, 4.69) is 15.2 Å². The largest absolute Gasteiger partial charge is 0.490 e. The molecule has 1 N–H and O–H groups in total. The van der Waals surface area contributed by atoms with Crippen LogP contribution in [0.4, 0.5) is 14.5 Å². The van der Waals surface area contributed by atoms with E-state index in [-0.39, 0.29) is 28.8 Å². The predicted molar refractivity (Wildman–Crippen MR) is 85.1 cm³/mol. The fourth-order valence-electron chi connectivity index (χ4n) is 2.07. The van der Waals surface area contributed by atoms with Gasteiger partial charge in [0.2, 0.25) is 0 Å². The highest BCUT2D eigenvalue weighted by Gasteiger charge is 2.18. The van der Waals surface area contributed by atoms with Gasteiger partial charge < -0.3 is 14.8 Å². The Hall–Kier alpha value is -2.35. The first-order chi connectivity index (χ1) is 11.5. The third kappa shape index (κ3) is 4.14. The zero-order valence-electron chi connectivity index (χ0n) is 13.1. The lowest BCUT2D eigenvalue weighted by atomic mass is 10.2. The fourth-order valence-corrected chi connectivity index (χ4v) is 2.29. The van der Waals surface area contributed by atoms with E-state index < -0.39 is 12.5 Å². The van der Waals surface area contributed by atoms with Gasteiger partial charge in [-0.05, 0) is 26.0 Å². The van der Waals surface area contributed by atoms with Gasteiger partial charge in [-0.15, -0.1) is 0 Å². The molecule has 0 fully saturated rings. The molecule has 0 saturated heterocycles. The van der Waals surface area contributed by atoms with Gasteiger partial charge in [-0.25, -0.2) is 0 Å². The van der Waals surface area contributed by atoms with Crippen molar-refractivity contribution >= 4 is 23.2 Å². The Morgan fingerprint density at radius 1 is 1.38 bits per heavy atom. The maximum Gasteiger partial charge on any atom is 0.387 e. The van der Waals surface area contributed by atoms with Crippen LogP contribution in [0.3, 0.4) is 0 Å². The Morgan fingerprint density at radius 3 is 2.75 bits per heavy atom. The maximum absolute atomic E-state index is 12.4. The summed E-state index contributed by atoms with van der Waals surface area (Å²) in [5, 5.41) is 6.84. The third-order valence-electron chi connectivity index (χ3n) is 3.03. The van der Waals surface area contributed by atoms with Crippen molar-refractivity contribution in [1.29, 1.82) is 0 Å². The minimum atomic E-state index is -2.97. The molecule has 0 atom stereocenters. The van der Waals surface area contributed by atoms with Gasteiger partial charge in [0, 0.05) is 18.3 Å². The predicted octanol–water partition coefficient (Wildman–Crippen LogP) is 3.81. The molecule has 24 heavy (non-hydrogen) atoms. The summed E-state index contributed by atoms with van der Waals surface area (Å²) in [6.45, 7) is 1.29. The summed E-state index contributed by atoms with van der Waals surface area (Å²) in [5.74, 6) is -0.475. The number of nitrogens with one attached hydrogen (secondary N) is 1. The van der Waals surface area contributed by atoms with Crippen LogP contribution in [0.15, 0.2) is 24.4 Å². The van der Waals surface area contributed by atoms with E-state index in [9.17, 15) is 13.6 Å². The highest BCUT2D eigenvalue weighted by molar-refractivity contribution is 6.34. The first-order valence-electron chi connectivity index (χ1n) is 7.20. The molecule has 130 valence electrons. The number of ether oxygens (including phenoxy) is 2. The highest BCUT2D eigenvalue weighted by atomic mass is 35.5. The van der Waals surface area contributed by atoms with Crippen molar-refractivity contribution in [2.75, 3.05) is 11.9 Å². The number of hydrogen-bond donors (Lipinski definition) is 1. The average Bonchev–Trinajstić information content (AvgIpc) is 2.90. The number of amides is 1. The van der Waals surface area contributed by atoms with Crippen LogP contribution < -0.4 is 14.8 Å². The van der Waals surface area contributed by atoms with Crippen molar-refractivity contribution in [3.8, 4) is 11.5 Å². The molecule has 0 radical (unpaired) electrons. The lowest BCUT2D eigenvalue weighted by Gasteiger charge is -2.13. The van der Waals surface area contributed by atoms with E-state index in [0.717, 1.165) is 0 Å². The molecule has 1 aromatic heterocycles. The number of halogens is 3. The number of hydrogen-bond acceptors (Lipinski definition) is 4. The Balaban J connectivity index is 2.24. The molecular formula is C15H16ClF2N3O3. The average molecular weight is 360 g/mol. The van der Waals surface area contributed by atoms with E-state index in [1.165, 1.54) is 29.1 Å². The van der Waals surface area contributed by atoms with Crippen molar-refractivity contribution < 1.29 is 23.0 Å². The lowest BCUT2D eigenvalue weighted by Crippen LogP contribution is -2.18. The van der Waals surface area contributed by atoms with Crippen LogP contribution in [0.2, 0.25) is 5.02 Å². The van der Waals surface area contributed by atoms with E-state index in [1.54, 1.807) is 6.92 Å². The van der Waals surface area contributed by atoms with Gasteiger partial charge in [-0.1, -0.05) is 11.6 Å². The van der Waals surface area contributed by atoms with Gasteiger partial charge >= 0.3 is 6.61 Å². The molecule has 0 aliphatic carbocycles. The fraction of sp³-hybridized carbons (Fsp3) is 0.333. The molecule has 2 aromatic rings. The third-order valence-corrected chi connectivity index (χ3v) is 3.30. The molecule has 1 aromatic carbocycles. The number of aromatic nitrogens is 2. The molecule has 1 amide bonds. The molecule has 0 unspecified atom stereocenters. The van der Waals surface area contributed by atoms with Crippen LogP contribution in [0.1, 0.15) is 24.3 Å². The monoisotopic (exact) mass is 359 g/mol. The van der Waals surface area contributed by atoms with Gasteiger partial charge in [-0.3, -0.25) is 9.48 Å². The minimum absolute atomic E-state index is 0.102. The number of aryl methyl sites for hydroxylation is 1. The quantitative estimate of drug-likeness (QED) is 0.816. The first kappa shape index (κ1) is 18.0. The van der Waals surface area contributed by atoms with Gasteiger partial charge in [-0.2, -0.15) is 13.9 Å². The first-order valence-corrected chi connectivity index (χ1v) is 7.58. The smallest absolute Gasteiger partial charge is 0.387 e. The molecule has 0 aliphatic rings. The summed E-state index contributed by atoms with van der Waals surface area (Å²) in [6.07, 6.45) is 1.38. The maximum atomic E-state index is 12.4. The topological polar surface area (TPSA) is 65.4 Å². The summed E-state index contributed by atoms with van der Waals surface area (Å²) in [4.78, 5) is 12.4. The molecular weight excluding hydrogens is 344 g/mol. The molecule has 0 spiro atoms. The van der Waals surface area contributed by atoms with Gasteiger partial charge in [0.1, 0.15) is 5.69 Å². The number of alkyl halides is 2. The van der Waals surface area contributed by atoms with Crippen LogP contribution in [0.25, 0.3) is 0 Å². The molecule has 6 nitrogen and oxygen atoms in total. The number of nitrogens with zero attached hydrogens (tertiary/aromatic N) is 2. The number of benzene rings is 1. The molecule has 0 bridgehead atoms. The summed E-state index contributed by atoms with van der Waals surface area (Å²) in [5.41, 5.74) is 0.565. The Labute approximate surface area is 142 Å². The molecule has 0 saturated carbocycles. The van der Waals surface area contributed by atoms with E-state index in [1.807, 2.05) is 6.92 Å². The van der Waals surface area contributed by atoms with Crippen molar-refractivity contribution in [2.24, 2.45) is 0 Å². The SMILES string of the molecule is CCOc1cc(NC(=O)c2c(Cl)cnn2CC)ccc1OC(F)F. The van der Waals surface area contributed by atoms with Crippen molar-refractivity contribution in [1.82, 2.24) is 9.78 Å². The standard InChI is InChI=1S/C15H16ClF2N3O3/c1-3-21-13(10(16)8-19-21)14(22)20-9-5-6-11(24-15(17)18)12(7-9)23-4-2/h5-8,15H,3-4H2,1-2H3,(H,20,22). The lowest BCUT2D eigenvalue weighted by molar-refractivity contribution is -0.0514. The van der Waals surface area contributed by atoms with Crippen LogP contribution >= 0.6 is 11.6 Å². The summed E-state index contributed by atoms with van der Waals surface area (Å²) in [6, 6.07) is 4.13. The summed E-state index contributed by atoms with van der Waals surface area (Å²) in [7, 11) is 0. The summed E-state index contributed by atoms with van der Waals surface area (Å²) < 4.78 is 35.9. The second-order valence-electron chi connectivity index (χ2n) is 4.58. The molecule has 1 heterocycles. The van der Waals surface area contributed by atoms with Crippen molar-refractivity contribution in [2.45, 2.75) is 27.0 Å². The van der Waals surface area contributed by atoms with E-state index in [4.69, 9.17) is 16.3 Å². The van der Waals surface area contributed by atoms with Crippen LogP contribution in [-0.4, -0.2) is 28.9 Å². The zero-order valence-corrected chi connectivity index (χ0v) is 13.8. The highest BCUT2D eigenvalue weighted by Crippen LogP contribution is 2.32. The normalized spacial score (nSPS) is 10.8. The second kappa shape index (κ2) is 7.96. The molecule has 0 aliphatic heterocycles. The van der Waals surface area contributed by atoms with Crippen molar-refractivity contribution in [3.05, 3.63) is 35.1 Å². The van der Waals surface area contributed by atoms with E-state index >= 15 is 0 Å². The number of rotatable bonds is 7. The van der Waals surface area contributed by atoms with Crippen molar-refractivity contribution in [3.63, 3.8) is 0 Å². The van der Waals surface area contributed by atoms with Crippen LogP contribution in [0, 0.1) is 0 Å². The molecule has 2 rings (SSSR count). The number of carbonyl (C=O) groups is 1. The summed E-state index contributed by atoms with van der Waals surface area (Å²) >= 11 is 5.98. The second-order valence-corrected chi connectivity index (χ2v) is 4.99. The number of anilines is 1. The Kier molecular flexibility index (Phi) is 5.97. The Morgan fingerprint density at radius 2 is 2.12 bits per heavy atom. The minimum Gasteiger partial charge on any atom is -0.490 e. The van der Waals surface area contributed by atoms with Gasteiger partial charge in [0.05, 0.1) is 17.8 Å². The zero-order chi connectivity index (χ0) is 17.7. The molecule has 9 heteroatoms. The Bertz CT molecular complexity index is 722. The van der Waals surface area contributed by atoms with Gasteiger partial charge in [0.25, 0.3) is 5.91 Å². The number of carbonyl (C=O) groups excluding carboxylic acids is 1.